The molecule has 0 atom stereocenters. The lowest BCUT2D eigenvalue weighted by Gasteiger charge is -2.19. The molecule has 0 saturated carbocycles. The minimum absolute atomic E-state index is 0.352. The zero-order valence-electron chi connectivity index (χ0n) is 17.5. The Morgan fingerprint density at radius 2 is 1.87 bits per heavy atom. The molecule has 31 heavy (non-hydrogen) atoms. The summed E-state index contributed by atoms with van der Waals surface area (Å²) in [6, 6.07) is 11.7. The topological polar surface area (TPSA) is 117 Å². The van der Waals surface area contributed by atoms with Gasteiger partial charge in [-0.15, -0.1) is 0 Å². The molecule has 0 aliphatic heterocycles. The molecule has 8 nitrogen and oxygen atoms in total. The summed E-state index contributed by atoms with van der Waals surface area (Å²) in [5.74, 6) is -0.337. The molecule has 9 heteroatoms. The van der Waals surface area contributed by atoms with Crippen LogP contribution in [0.5, 0.6) is 0 Å². The molecule has 0 bridgehead atoms. The van der Waals surface area contributed by atoms with Gasteiger partial charge in [0.2, 0.25) is 0 Å². The van der Waals surface area contributed by atoms with Crippen molar-refractivity contribution >= 4 is 39.9 Å². The van der Waals surface area contributed by atoms with Gasteiger partial charge in [0, 0.05) is 11.9 Å². The molecule has 0 fully saturated rings. The van der Waals surface area contributed by atoms with Crippen molar-refractivity contribution in [2.24, 2.45) is 0 Å². The lowest BCUT2D eigenvalue weighted by atomic mass is 10.1. The number of rotatable bonds is 5. The molecule has 0 unspecified atom stereocenters. The Kier molecular flexibility index (Phi) is 6.32. The molecule has 3 aromatic rings. The minimum atomic E-state index is -0.585. The minimum Gasteiger partial charge on any atom is -0.456 e. The van der Waals surface area contributed by atoms with Crippen LogP contribution in [0.3, 0.4) is 0 Å². The molecule has 0 radical (unpaired) electrons. The molecule has 0 saturated heterocycles. The first-order valence-electron chi connectivity index (χ1n) is 9.40. The third-order valence-electron chi connectivity index (χ3n) is 4.00. The highest BCUT2D eigenvalue weighted by Crippen LogP contribution is 2.28. The van der Waals surface area contributed by atoms with Crippen molar-refractivity contribution in [1.82, 2.24) is 9.36 Å². The Balaban J connectivity index is 1.74. The molecule has 2 N–H and O–H groups in total. The van der Waals surface area contributed by atoms with Gasteiger partial charge in [0.05, 0.1) is 28.5 Å². The van der Waals surface area contributed by atoms with Gasteiger partial charge < -0.3 is 15.4 Å². The highest BCUT2D eigenvalue weighted by Gasteiger charge is 2.20. The van der Waals surface area contributed by atoms with Gasteiger partial charge in [-0.25, -0.2) is 9.78 Å². The molecule has 3 rings (SSSR count). The average Bonchev–Trinajstić information content (AvgIpc) is 3.07. The van der Waals surface area contributed by atoms with Crippen molar-refractivity contribution in [2.45, 2.75) is 33.3 Å². The van der Waals surface area contributed by atoms with Gasteiger partial charge in [0.25, 0.3) is 5.91 Å². The van der Waals surface area contributed by atoms with E-state index < -0.39 is 11.6 Å². The number of nitrogens with zero attached hydrogens (tertiary/aromatic N) is 3. The van der Waals surface area contributed by atoms with E-state index in [2.05, 4.69) is 20.0 Å². The number of pyridine rings is 1. The molecule has 0 aliphatic rings. The SMILES string of the molecule is Cc1nsc(Nc2cc(C#N)ccn2)c1C(=O)Nc1ccc(C(=O)OC(C)(C)C)cc1. The summed E-state index contributed by atoms with van der Waals surface area (Å²) in [4.78, 5) is 29.2. The average molecular weight is 436 g/mol. The fourth-order valence-electron chi connectivity index (χ4n) is 2.63. The van der Waals surface area contributed by atoms with Crippen molar-refractivity contribution in [3.8, 4) is 6.07 Å². The van der Waals surface area contributed by atoms with Crippen LogP contribution in [-0.4, -0.2) is 26.8 Å². The standard InChI is InChI=1S/C22H21N5O3S/c1-13-18(20(31-27-13)26-17-11-14(12-23)9-10-24-17)19(28)25-16-7-5-15(6-8-16)21(29)30-22(2,3)4/h5-11H,1-4H3,(H,24,26)(H,25,28). The van der Waals surface area contributed by atoms with E-state index in [4.69, 9.17) is 10.00 Å². The van der Waals surface area contributed by atoms with E-state index >= 15 is 0 Å². The quantitative estimate of drug-likeness (QED) is 0.559. The second kappa shape index (κ2) is 8.93. The Morgan fingerprint density at radius 3 is 2.52 bits per heavy atom. The van der Waals surface area contributed by atoms with Crippen LogP contribution < -0.4 is 10.6 Å². The Hall–Kier alpha value is -3.77. The summed E-state index contributed by atoms with van der Waals surface area (Å²) in [5, 5.41) is 15.4. The fraction of sp³-hybridized carbons (Fsp3) is 0.227. The number of nitriles is 1. The smallest absolute Gasteiger partial charge is 0.338 e. The number of amides is 1. The molecular weight excluding hydrogens is 414 g/mol. The van der Waals surface area contributed by atoms with Crippen LogP contribution >= 0.6 is 11.5 Å². The lowest BCUT2D eigenvalue weighted by Crippen LogP contribution is -2.23. The van der Waals surface area contributed by atoms with Crippen LogP contribution in [0.2, 0.25) is 0 Å². The zero-order valence-corrected chi connectivity index (χ0v) is 18.3. The van der Waals surface area contributed by atoms with Crippen LogP contribution in [0.25, 0.3) is 0 Å². The largest absolute Gasteiger partial charge is 0.456 e. The monoisotopic (exact) mass is 435 g/mol. The molecule has 2 aromatic heterocycles. The molecule has 1 aromatic carbocycles. The van der Waals surface area contributed by atoms with Crippen molar-refractivity contribution in [3.63, 3.8) is 0 Å². The predicted molar refractivity (Wildman–Crippen MR) is 119 cm³/mol. The van der Waals surface area contributed by atoms with Gasteiger partial charge in [0.1, 0.15) is 16.4 Å². The van der Waals surface area contributed by atoms with E-state index in [1.807, 2.05) is 6.07 Å². The van der Waals surface area contributed by atoms with Crippen molar-refractivity contribution in [3.05, 3.63) is 65.0 Å². The number of ether oxygens (including phenoxy) is 1. The molecular formula is C22H21N5O3S. The zero-order chi connectivity index (χ0) is 22.6. The van der Waals surface area contributed by atoms with Gasteiger partial charge >= 0.3 is 5.97 Å². The second-order valence-corrected chi connectivity index (χ2v) is 8.45. The third kappa shape index (κ3) is 5.65. The number of aromatic nitrogens is 2. The van der Waals surface area contributed by atoms with Crippen LogP contribution in [-0.2, 0) is 4.74 Å². The maximum Gasteiger partial charge on any atom is 0.338 e. The maximum absolute atomic E-state index is 12.9. The number of hydrogen-bond donors (Lipinski definition) is 2. The van der Waals surface area contributed by atoms with Crippen LogP contribution in [0.1, 0.15) is 52.7 Å². The summed E-state index contributed by atoms with van der Waals surface area (Å²) in [6.45, 7) is 7.14. The second-order valence-electron chi connectivity index (χ2n) is 7.67. The number of esters is 1. The van der Waals surface area contributed by atoms with Gasteiger partial charge in [0.15, 0.2) is 0 Å². The van der Waals surface area contributed by atoms with E-state index in [0.717, 1.165) is 11.5 Å². The Morgan fingerprint density at radius 1 is 1.16 bits per heavy atom. The molecule has 0 spiro atoms. The van der Waals surface area contributed by atoms with Gasteiger partial charge in [-0.05, 0) is 75.6 Å². The van der Waals surface area contributed by atoms with Crippen molar-refractivity contribution < 1.29 is 14.3 Å². The molecule has 2 heterocycles. The van der Waals surface area contributed by atoms with Crippen molar-refractivity contribution in [2.75, 3.05) is 10.6 Å². The first-order valence-corrected chi connectivity index (χ1v) is 10.2. The molecule has 1 amide bonds. The number of hydrogen-bond acceptors (Lipinski definition) is 8. The van der Waals surface area contributed by atoms with Crippen LogP contribution in [0.15, 0.2) is 42.6 Å². The van der Waals surface area contributed by atoms with Gasteiger partial charge in [-0.3, -0.25) is 4.79 Å². The Labute approximate surface area is 184 Å². The van der Waals surface area contributed by atoms with E-state index in [0.29, 0.717) is 38.9 Å². The van der Waals surface area contributed by atoms with Crippen LogP contribution in [0.4, 0.5) is 16.5 Å². The Bertz CT molecular complexity index is 1160. The highest BCUT2D eigenvalue weighted by molar-refractivity contribution is 7.10. The van der Waals surface area contributed by atoms with E-state index in [-0.39, 0.29) is 5.91 Å². The number of anilines is 3. The maximum atomic E-state index is 12.9. The highest BCUT2D eigenvalue weighted by atomic mass is 32.1. The number of benzene rings is 1. The summed E-state index contributed by atoms with van der Waals surface area (Å²) in [6.07, 6.45) is 1.51. The number of carbonyl (C=O) groups is 2. The number of nitrogens with one attached hydrogen (secondary N) is 2. The van der Waals surface area contributed by atoms with Gasteiger partial charge in [-0.2, -0.15) is 9.64 Å². The fourth-order valence-corrected chi connectivity index (χ4v) is 3.43. The summed E-state index contributed by atoms with van der Waals surface area (Å²) >= 11 is 1.13. The number of aryl methyl sites for hydroxylation is 1. The van der Waals surface area contributed by atoms with Crippen LogP contribution in [0, 0.1) is 18.3 Å². The normalized spacial score (nSPS) is 10.8. The lowest BCUT2D eigenvalue weighted by molar-refractivity contribution is 0.00695. The summed E-state index contributed by atoms with van der Waals surface area (Å²) < 4.78 is 9.59. The third-order valence-corrected chi connectivity index (χ3v) is 4.85. The number of carbonyl (C=O) groups excluding carboxylic acids is 2. The first kappa shape index (κ1) is 21.9. The van der Waals surface area contributed by atoms with E-state index in [1.54, 1.807) is 64.1 Å². The summed E-state index contributed by atoms with van der Waals surface area (Å²) in [5.41, 5.74) is 1.73. The van der Waals surface area contributed by atoms with E-state index in [1.165, 1.54) is 6.20 Å². The molecule has 0 aliphatic carbocycles. The first-order chi connectivity index (χ1) is 14.7. The summed E-state index contributed by atoms with van der Waals surface area (Å²) in [7, 11) is 0. The van der Waals surface area contributed by atoms with E-state index in [9.17, 15) is 9.59 Å². The predicted octanol–water partition coefficient (Wildman–Crippen LogP) is 4.67. The van der Waals surface area contributed by atoms with Gasteiger partial charge in [-0.1, -0.05) is 0 Å². The molecule has 158 valence electrons. The van der Waals surface area contributed by atoms with Crippen molar-refractivity contribution in [1.29, 1.82) is 5.26 Å².